The summed E-state index contributed by atoms with van der Waals surface area (Å²) in [5.41, 5.74) is 2.04. The minimum absolute atomic E-state index is 0.0937. The van der Waals surface area contributed by atoms with Crippen LogP contribution >= 0.6 is 22.6 Å². The topological polar surface area (TPSA) is 32.3 Å². The summed E-state index contributed by atoms with van der Waals surface area (Å²) in [5, 5.41) is 2.98. The van der Waals surface area contributed by atoms with Crippen molar-refractivity contribution in [1.82, 2.24) is 4.90 Å². The number of nitrogens with zero attached hydrogens (tertiary/aromatic N) is 1. The summed E-state index contributed by atoms with van der Waals surface area (Å²) in [6.07, 6.45) is 2.44. The zero-order valence-corrected chi connectivity index (χ0v) is 12.2. The van der Waals surface area contributed by atoms with Crippen molar-refractivity contribution in [3.63, 3.8) is 0 Å². The molecule has 1 aromatic carbocycles. The van der Waals surface area contributed by atoms with Gasteiger partial charge in [-0.3, -0.25) is 9.69 Å². The fourth-order valence-electron chi connectivity index (χ4n) is 2.10. The first kappa shape index (κ1) is 12.8. The molecule has 0 bridgehead atoms. The van der Waals surface area contributed by atoms with Crippen molar-refractivity contribution in [2.75, 3.05) is 25.0 Å². The van der Waals surface area contributed by atoms with Crippen LogP contribution in [0.25, 0.3) is 0 Å². The lowest BCUT2D eigenvalue weighted by Gasteiger charge is -2.15. The Bertz CT molecular complexity index is 414. The lowest BCUT2D eigenvalue weighted by Crippen LogP contribution is -2.31. The molecule has 1 fully saturated rings. The molecule has 1 heterocycles. The fraction of sp³-hybridized carbons (Fsp3) is 0.462. The standard InChI is InChI=1S/C13H17IN2O/c1-10-8-11(14)4-5-12(10)15-13(17)9-16-6-2-3-7-16/h4-5,8H,2-3,6-7,9H2,1H3,(H,15,17). The van der Waals surface area contributed by atoms with E-state index in [0.29, 0.717) is 6.54 Å². The van der Waals surface area contributed by atoms with E-state index in [9.17, 15) is 4.79 Å². The second-order valence-electron chi connectivity index (χ2n) is 4.49. The molecule has 1 saturated heterocycles. The van der Waals surface area contributed by atoms with Crippen LogP contribution in [0.15, 0.2) is 18.2 Å². The Balaban J connectivity index is 1.93. The predicted molar refractivity (Wildman–Crippen MR) is 78.2 cm³/mol. The number of aryl methyl sites for hydroxylation is 1. The first-order chi connectivity index (χ1) is 8.15. The second kappa shape index (κ2) is 5.82. The van der Waals surface area contributed by atoms with Gasteiger partial charge >= 0.3 is 0 Å². The maximum Gasteiger partial charge on any atom is 0.238 e. The summed E-state index contributed by atoms with van der Waals surface area (Å²) >= 11 is 2.28. The van der Waals surface area contributed by atoms with Gasteiger partial charge in [0.2, 0.25) is 5.91 Å². The number of halogens is 1. The molecule has 1 aliphatic heterocycles. The van der Waals surface area contributed by atoms with Gasteiger partial charge in [0, 0.05) is 9.26 Å². The van der Waals surface area contributed by atoms with E-state index in [1.807, 2.05) is 19.1 Å². The average Bonchev–Trinajstić information content (AvgIpc) is 2.75. The van der Waals surface area contributed by atoms with Crippen molar-refractivity contribution in [2.45, 2.75) is 19.8 Å². The van der Waals surface area contributed by atoms with Crippen LogP contribution in [0.5, 0.6) is 0 Å². The van der Waals surface area contributed by atoms with Crippen molar-refractivity contribution in [1.29, 1.82) is 0 Å². The fourth-order valence-corrected chi connectivity index (χ4v) is 2.75. The van der Waals surface area contributed by atoms with Crippen LogP contribution in [-0.4, -0.2) is 30.4 Å². The average molecular weight is 344 g/mol. The molecule has 1 amide bonds. The van der Waals surface area contributed by atoms with Crippen molar-refractivity contribution < 1.29 is 4.79 Å². The largest absolute Gasteiger partial charge is 0.325 e. The monoisotopic (exact) mass is 344 g/mol. The van der Waals surface area contributed by atoms with Gasteiger partial charge in [-0.15, -0.1) is 0 Å². The van der Waals surface area contributed by atoms with Crippen LogP contribution < -0.4 is 5.32 Å². The highest BCUT2D eigenvalue weighted by Crippen LogP contribution is 2.17. The number of likely N-dealkylation sites (tertiary alicyclic amines) is 1. The molecule has 1 aliphatic rings. The molecule has 4 heteroatoms. The summed E-state index contributed by atoms with van der Waals surface area (Å²) in [5.74, 6) is 0.0937. The van der Waals surface area contributed by atoms with Gasteiger partial charge in [-0.1, -0.05) is 0 Å². The van der Waals surface area contributed by atoms with Gasteiger partial charge in [-0.05, 0) is 79.2 Å². The van der Waals surface area contributed by atoms with Crippen LogP contribution in [-0.2, 0) is 4.79 Å². The molecule has 3 nitrogen and oxygen atoms in total. The van der Waals surface area contributed by atoms with Gasteiger partial charge in [0.15, 0.2) is 0 Å². The molecule has 0 radical (unpaired) electrons. The molecule has 0 spiro atoms. The molecule has 0 saturated carbocycles. The van der Waals surface area contributed by atoms with Gasteiger partial charge in [-0.25, -0.2) is 0 Å². The third-order valence-electron chi connectivity index (χ3n) is 3.03. The van der Waals surface area contributed by atoms with E-state index in [-0.39, 0.29) is 5.91 Å². The van der Waals surface area contributed by atoms with Crippen LogP contribution in [0.1, 0.15) is 18.4 Å². The zero-order chi connectivity index (χ0) is 12.3. The first-order valence-electron chi connectivity index (χ1n) is 5.93. The van der Waals surface area contributed by atoms with Crippen LogP contribution in [0, 0.1) is 10.5 Å². The highest BCUT2D eigenvalue weighted by molar-refractivity contribution is 14.1. The third-order valence-corrected chi connectivity index (χ3v) is 3.70. The minimum Gasteiger partial charge on any atom is -0.325 e. The first-order valence-corrected chi connectivity index (χ1v) is 7.01. The normalized spacial score (nSPS) is 16.1. The molecular formula is C13H17IN2O. The maximum atomic E-state index is 11.9. The van der Waals surface area contributed by atoms with E-state index in [0.717, 1.165) is 24.3 Å². The molecule has 0 aromatic heterocycles. The van der Waals surface area contributed by atoms with E-state index in [4.69, 9.17) is 0 Å². The highest BCUT2D eigenvalue weighted by atomic mass is 127. The Kier molecular flexibility index (Phi) is 4.39. The van der Waals surface area contributed by atoms with Crippen LogP contribution in [0.2, 0.25) is 0 Å². The molecule has 2 rings (SSSR count). The third kappa shape index (κ3) is 3.67. The van der Waals surface area contributed by atoms with E-state index in [1.54, 1.807) is 0 Å². The molecule has 0 atom stereocenters. The van der Waals surface area contributed by atoms with Gasteiger partial charge < -0.3 is 5.32 Å². The summed E-state index contributed by atoms with van der Waals surface area (Å²) < 4.78 is 1.19. The van der Waals surface area contributed by atoms with Gasteiger partial charge in [0.25, 0.3) is 0 Å². The number of nitrogens with one attached hydrogen (secondary N) is 1. The van der Waals surface area contributed by atoms with Crippen LogP contribution in [0.4, 0.5) is 5.69 Å². The summed E-state index contributed by atoms with van der Waals surface area (Å²) in [6, 6.07) is 6.06. The summed E-state index contributed by atoms with van der Waals surface area (Å²) in [4.78, 5) is 14.1. The molecule has 0 unspecified atom stereocenters. The lowest BCUT2D eigenvalue weighted by atomic mass is 10.2. The zero-order valence-electron chi connectivity index (χ0n) is 10.0. The van der Waals surface area contributed by atoms with Gasteiger partial charge in [0.05, 0.1) is 6.54 Å². The Hall–Kier alpha value is -0.620. The minimum atomic E-state index is 0.0937. The molecular weight excluding hydrogens is 327 g/mol. The smallest absolute Gasteiger partial charge is 0.238 e. The number of hydrogen-bond acceptors (Lipinski definition) is 2. The number of carbonyl (C=O) groups excluding carboxylic acids is 1. The molecule has 0 aliphatic carbocycles. The quantitative estimate of drug-likeness (QED) is 0.855. The van der Waals surface area contributed by atoms with Crippen LogP contribution in [0.3, 0.4) is 0 Å². The van der Waals surface area contributed by atoms with Crippen molar-refractivity contribution >= 4 is 34.2 Å². The van der Waals surface area contributed by atoms with Crippen molar-refractivity contribution in [2.24, 2.45) is 0 Å². The lowest BCUT2D eigenvalue weighted by molar-refractivity contribution is -0.117. The summed E-state index contributed by atoms with van der Waals surface area (Å²) in [6.45, 7) is 4.65. The molecule has 1 N–H and O–H groups in total. The Morgan fingerprint density at radius 3 is 2.76 bits per heavy atom. The number of carbonyl (C=O) groups is 1. The molecule has 92 valence electrons. The van der Waals surface area contributed by atoms with Crippen molar-refractivity contribution in [3.8, 4) is 0 Å². The Labute approximate surface area is 116 Å². The van der Waals surface area contributed by atoms with Gasteiger partial charge in [0.1, 0.15) is 0 Å². The number of hydrogen-bond donors (Lipinski definition) is 1. The second-order valence-corrected chi connectivity index (χ2v) is 5.74. The SMILES string of the molecule is Cc1cc(I)ccc1NC(=O)CN1CCCC1. The Morgan fingerprint density at radius 1 is 1.41 bits per heavy atom. The molecule has 1 aromatic rings. The van der Waals surface area contributed by atoms with Gasteiger partial charge in [-0.2, -0.15) is 0 Å². The maximum absolute atomic E-state index is 11.9. The van der Waals surface area contributed by atoms with E-state index < -0.39 is 0 Å². The van der Waals surface area contributed by atoms with E-state index in [2.05, 4.69) is 38.9 Å². The number of anilines is 1. The highest BCUT2D eigenvalue weighted by Gasteiger charge is 2.15. The predicted octanol–water partition coefficient (Wildman–Crippen LogP) is 2.63. The Morgan fingerprint density at radius 2 is 2.12 bits per heavy atom. The summed E-state index contributed by atoms with van der Waals surface area (Å²) in [7, 11) is 0. The van der Waals surface area contributed by atoms with E-state index >= 15 is 0 Å². The number of benzene rings is 1. The number of rotatable bonds is 3. The van der Waals surface area contributed by atoms with E-state index in [1.165, 1.54) is 16.4 Å². The molecule has 17 heavy (non-hydrogen) atoms. The van der Waals surface area contributed by atoms with Crippen molar-refractivity contribution in [3.05, 3.63) is 27.3 Å². The number of amides is 1.